The number of rotatable bonds is 5. The van der Waals surface area contributed by atoms with E-state index in [1.165, 1.54) is 15.9 Å². The second kappa shape index (κ2) is 8.53. The number of pyridine rings is 1. The molecule has 0 atom stereocenters. The predicted molar refractivity (Wildman–Crippen MR) is 117 cm³/mol. The van der Waals surface area contributed by atoms with Crippen molar-refractivity contribution in [2.24, 2.45) is 4.99 Å². The second-order valence-corrected chi connectivity index (χ2v) is 8.19. The molecule has 0 aliphatic carbocycles. The minimum atomic E-state index is -0.681. The van der Waals surface area contributed by atoms with Gasteiger partial charge in [-0.05, 0) is 36.7 Å². The standard InChI is InChI=1S/C24H19N2P/c1-3-12-21(13-4-1)27(22-14-5-2-6-15-22)24-17-8-7-16-23(24)26-19-20-11-9-10-18-25-20/h1-19H. The molecule has 3 aromatic carbocycles. The molecule has 3 heteroatoms. The van der Waals surface area contributed by atoms with Crippen molar-refractivity contribution in [3.63, 3.8) is 0 Å². The molecule has 0 saturated carbocycles. The Morgan fingerprint density at radius 3 is 1.85 bits per heavy atom. The lowest BCUT2D eigenvalue weighted by molar-refractivity contribution is 1.30. The minimum absolute atomic E-state index is 0.681. The molecule has 0 amide bonds. The average molecular weight is 366 g/mol. The smallest absolute Gasteiger partial charge is 0.0812 e. The normalized spacial score (nSPS) is 11.1. The van der Waals surface area contributed by atoms with Crippen LogP contribution in [-0.2, 0) is 0 Å². The van der Waals surface area contributed by atoms with E-state index >= 15 is 0 Å². The van der Waals surface area contributed by atoms with Crippen LogP contribution >= 0.6 is 7.92 Å². The van der Waals surface area contributed by atoms with Gasteiger partial charge >= 0.3 is 0 Å². The maximum Gasteiger partial charge on any atom is 0.0812 e. The molecule has 4 rings (SSSR count). The molecule has 27 heavy (non-hydrogen) atoms. The number of hydrogen-bond donors (Lipinski definition) is 0. The van der Waals surface area contributed by atoms with Gasteiger partial charge in [0.2, 0.25) is 0 Å². The van der Waals surface area contributed by atoms with E-state index < -0.39 is 7.92 Å². The zero-order valence-electron chi connectivity index (χ0n) is 14.8. The zero-order chi connectivity index (χ0) is 18.3. The van der Waals surface area contributed by atoms with Gasteiger partial charge in [-0.25, -0.2) is 0 Å². The predicted octanol–water partition coefficient (Wildman–Crippen LogP) is 4.59. The summed E-state index contributed by atoms with van der Waals surface area (Å²) in [5.74, 6) is 0. The van der Waals surface area contributed by atoms with Crippen molar-refractivity contribution in [2.45, 2.75) is 0 Å². The van der Waals surface area contributed by atoms with Crippen LogP contribution in [0.15, 0.2) is 114 Å². The van der Waals surface area contributed by atoms with Crippen LogP contribution in [0.4, 0.5) is 5.69 Å². The molecule has 130 valence electrons. The van der Waals surface area contributed by atoms with E-state index in [1.54, 1.807) is 6.20 Å². The summed E-state index contributed by atoms with van der Waals surface area (Å²) in [6.45, 7) is 0. The maximum absolute atomic E-state index is 4.78. The zero-order valence-corrected chi connectivity index (χ0v) is 15.7. The largest absolute Gasteiger partial charge is 0.255 e. The minimum Gasteiger partial charge on any atom is -0.255 e. The van der Waals surface area contributed by atoms with Crippen molar-refractivity contribution >= 4 is 35.7 Å². The van der Waals surface area contributed by atoms with Gasteiger partial charge in [-0.1, -0.05) is 84.9 Å². The van der Waals surface area contributed by atoms with Crippen LogP contribution in [0.25, 0.3) is 0 Å². The lowest BCUT2D eigenvalue weighted by Crippen LogP contribution is -2.20. The lowest BCUT2D eigenvalue weighted by Gasteiger charge is -2.20. The van der Waals surface area contributed by atoms with Gasteiger partial charge in [0, 0.05) is 11.5 Å². The molecule has 0 aliphatic rings. The van der Waals surface area contributed by atoms with Crippen LogP contribution in [0, 0.1) is 0 Å². The maximum atomic E-state index is 4.78. The number of aromatic nitrogens is 1. The van der Waals surface area contributed by atoms with Gasteiger partial charge in [0.05, 0.1) is 17.6 Å². The van der Waals surface area contributed by atoms with Crippen LogP contribution in [0.5, 0.6) is 0 Å². The van der Waals surface area contributed by atoms with E-state index in [-0.39, 0.29) is 0 Å². The van der Waals surface area contributed by atoms with Crippen LogP contribution in [0.3, 0.4) is 0 Å². The Bertz CT molecular complexity index is 976. The molecule has 1 aromatic heterocycles. The van der Waals surface area contributed by atoms with E-state index in [1.807, 2.05) is 30.5 Å². The Balaban J connectivity index is 1.81. The molecule has 0 bridgehead atoms. The van der Waals surface area contributed by atoms with Gasteiger partial charge < -0.3 is 0 Å². The molecule has 0 N–H and O–H groups in total. The SMILES string of the molecule is C(=Nc1ccccc1P(c1ccccc1)c1ccccc1)c1ccccn1. The highest BCUT2D eigenvalue weighted by atomic mass is 31.1. The number of hydrogen-bond acceptors (Lipinski definition) is 2. The number of para-hydroxylation sites is 1. The lowest BCUT2D eigenvalue weighted by atomic mass is 10.3. The highest BCUT2D eigenvalue weighted by Gasteiger charge is 2.18. The summed E-state index contributed by atoms with van der Waals surface area (Å²) in [6, 6.07) is 35.6. The van der Waals surface area contributed by atoms with E-state index in [9.17, 15) is 0 Å². The summed E-state index contributed by atoms with van der Waals surface area (Å²) in [6.07, 6.45) is 3.62. The molecule has 1 heterocycles. The van der Waals surface area contributed by atoms with E-state index in [0.717, 1.165) is 11.4 Å². The molecule has 4 aromatic rings. The van der Waals surface area contributed by atoms with Crippen molar-refractivity contribution in [3.8, 4) is 0 Å². The van der Waals surface area contributed by atoms with Crippen molar-refractivity contribution in [3.05, 3.63) is 115 Å². The summed E-state index contributed by atoms with van der Waals surface area (Å²) < 4.78 is 0. The second-order valence-electron chi connectivity index (χ2n) is 6.01. The molecular formula is C24H19N2P. The third kappa shape index (κ3) is 4.19. The Morgan fingerprint density at radius 1 is 0.630 bits per heavy atom. The van der Waals surface area contributed by atoms with E-state index in [4.69, 9.17) is 4.99 Å². The topological polar surface area (TPSA) is 25.2 Å². The van der Waals surface area contributed by atoms with E-state index in [2.05, 4.69) is 83.8 Å². The summed E-state index contributed by atoms with van der Waals surface area (Å²) in [7, 11) is -0.681. The van der Waals surface area contributed by atoms with Gasteiger partial charge in [-0.3, -0.25) is 9.98 Å². The Kier molecular flexibility index (Phi) is 5.47. The molecule has 0 fully saturated rings. The third-order valence-electron chi connectivity index (χ3n) is 4.18. The summed E-state index contributed by atoms with van der Waals surface area (Å²) in [4.78, 5) is 9.12. The first-order valence-electron chi connectivity index (χ1n) is 8.86. The Morgan fingerprint density at radius 2 is 1.22 bits per heavy atom. The van der Waals surface area contributed by atoms with Crippen LogP contribution in [0.1, 0.15) is 5.69 Å². The van der Waals surface area contributed by atoms with Crippen molar-refractivity contribution in [1.82, 2.24) is 4.98 Å². The third-order valence-corrected chi connectivity index (χ3v) is 6.66. The van der Waals surface area contributed by atoms with Crippen molar-refractivity contribution in [1.29, 1.82) is 0 Å². The molecule has 0 saturated heterocycles. The van der Waals surface area contributed by atoms with Crippen molar-refractivity contribution < 1.29 is 0 Å². The first kappa shape index (κ1) is 17.3. The van der Waals surface area contributed by atoms with Crippen molar-refractivity contribution in [2.75, 3.05) is 0 Å². The van der Waals surface area contributed by atoms with Crippen LogP contribution in [-0.4, -0.2) is 11.2 Å². The Hall–Kier alpha value is -3.09. The number of benzene rings is 3. The quantitative estimate of drug-likeness (QED) is 0.375. The number of nitrogens with zero attached hydrogens (tertiary/aromatic N) is 2. The fourth-order valence-electron chi connectivity index (χ4n) is 2.93. The summed E-state index contributed by atoms with van der Waals surface area (Å²) in [5.41, 5.74) is 1.85. The van der Waals surface area contributed by atoms with Gasteiger partial charge in [0.15, 0.2) is 0 Å². The molecular weight excluding hydrogens is 347 g/mol. The first-order valence-corrected chi connectivity index (χ1v) is 10.2. The number of aliphatic imine (C=N–C) groups is 1. The van der Waals surface area contributed by atoms with Gasteiger partial charge in [0.25, 0.3) is 0 Å². The fraction of sp³-hybridized carbons (Fsp3) is 0. The summed E-state index contributed by atoms with van der Waals surface area (Å²) >= 11 is 0. The molecule has 0 radical (unpaired) electrons. The van der Waals surface area contributed by atoms with Crippen LogP contribution in [0.2, 0.25) is 0 Å². The van der Waals surface area contributed by atoms with Gasteiger partial charge in [-0.15, -0.1) is 0 Å². The molecule has 0 aliphatic heterocycles. The molecule has 2 nitrogen and oxygen atoms in total. The first-order chi connectivity index (χ1) is 13.4. The highest BCUT2D eigenvalue weighted by Crippen LogP contribution is 2.36. The summed E-state index contributed by atoms with van der Waals surface area (Å²) in [5, 5.41) is 3.88. The molecule has 0 spiro atoms. The van der Waals surface area contributed by atoms with Gasteiger partial charge in [0.1, 0.15) is 0 Å². The fourth-order valence-corrected chi connectivity index (χ4v) is 5.32. The monoisotopic (exact) mass is 366 g/mol. The van der Waals surface area contributed by atoms with Gasteiger partial charge in [-0.2, -0.15) is 0 Å². The van der Waals surface area contributed by atoms with Crippen LogP contribution < -0.4 is 15.9 Å². The Labute approximate surface area is 161 Å². The molecule has 0 unspecified atom stereocenters. The van der Waals surface area contributed by atoms with E-state index in [0.29, 0.717) is 0 Å². The highest BCUT2D eigenvalue weighted by molar-refractivity contribution is 7.80. The average Bonchev–Trinajstić information content (AvgIpc) is 2.76.